The molecule has 0 saturated carbocycles. The minimum absolute atomic E-state index is 0.299. The molecule has 0 aliphatic rings. The molecule has 0 aliphatic carbocycles. The molecule has 0 radical (unpaired) electrons. The van der Waals surface area contributed by atoms with E-state index >= 15 is 0 Å². The van der Waals surface area contributed by atoms with E-state index in [0.717, 1.165) is 0 Å². The standard InChI is InChI=1S/C7H8N2O2/c1-2-3-5(8)6-4-7(10)9-11-6/h1,4-5H,3,8H2,(H,9,10)/t5-/m0/s1. The smallest absolute Gasteiger partial charge is 0.280 e. The van der Waals surface area contributed by atoms with E-state index < -0.39 is 0 Å². The van der Waals surface area contributed by atoms with Crippen LogP contribution in [0.4, 0.5) is 0 Å². The van der Waals surface area contributed by atoms with Gasteiger partial charge in [-0.2, -0.15) is 5.16 Å². The summed E-state index contributed by atoms with van der Waals surface area (Å²) in [6.45, 7) is 0. The zero-order chi connectivity index (χ0) is 8.27. The molecule has 0 fully saturated rings. The van der Waals surface area contributed by atoms with Gasteiger partial charge in [-0.3, -0.25) is 4.79 Å². The Balaban J connectivity index is 2.78. The van der Waals surface area contributed by atoms with Crippen LogP contribution in [0.25, 0.3) is 0 Å². The van der Waals surface area contributed by atoms with Crippen molar-refractivity contribution in [2.75, 3.05) is 0 Å². The Bertz CT molecular complexity index is 318. The lowest BCUT2D eigenvalue weighted by Crippen LogP contribution is -2.08. The van der Waals surface area contributed by atoms with E-state index in [9.17, 15) is 4.79 Å². The van der Waals surface area contributed by atoms with E-state index in [1.807, 2.05) is 0 Å². The SMILES string of the molecule is C#CC[C@H](N)c1cc(=O)[nH]o1. The van der Waals surface area contributed by atoms with Gasteiger partial charge in [-0.15, -0.1) is 12.3 Å². The van der Waals surface area contributed by atoms with Crippen LogP contribution in [0.5, 0.6) is 0 Å². The van der Waals surface area contributed by atoms with Crippen LogP contribution < -0.4 is 11.3 Å². The van der Waals surface area contributed by atoms with Crippen molar-refractivity contribution in [1.29, 1.82) is 0 Å². The maximum atomic E-state index is 10.5. The number of H-pyrrole nitrogens is 1. The van der Waals surface area contributed by atoms with Gasteiger partial charge in [0, 0.05) is 12.5 Å². The van der Waals surface area contributed by atoms with Crippen molar-refractivity contribution in [3.8, 4) is 12.3 Å². The van der Waals surface area contributed by atoms with Crippen molar-refractivity contribution in [3.63, 3.8) is 0 Å². The van der Waals surface area contributed by atoms with Crippen molar-refractivity contribution in [1.82, 2.24) is 5.16 Å². The first-order valence-electron chi connectivity index (χ1n) is 3.11. The summed E-state index contributed by atoms with van der Waals surface area (Å²) in [5.41, 5.74) is 5.23. The van der Waals surface area contributed by atoms with E-state index in [-0.39, 0.29) is 11.6 Å². The predicted octanol–water partition coefficient (Wildman–Crippen LogP) is -0.00900. The summed E-state index contributed by atoms with van der Waals surface area (Å²) in [5, 5.41) is 2.13. The number of rotatable bonds is 2. The Morgan fingerprint density at radius 3 is 3.09 bits per heavy atom. The van der Waals surface area contributed by atoms with Gasteiger partial charge in [0.1, 0.15) is 0 Å². The number of aromatic amines is 1. The fourth-order valence-corrected chi connectivity index (χ4v) is 0.708. The lowest BCUT2D eigenvalue weighted by Gasteiger charge is -1.99. The molecule has 0 aromatic carbocycles. The van der Waals surface area contributed by atoms with E-state index in [2.05, 4.69) is 11.1 Å². The molecule has 11 heavy (non-hydrogen) atoms. The number of aromatic nitrogens is 1. The molecule has 0 spiro atoms. The molecule has 0 bridgehead atoms. The van der Waals surface area contributed by atoms with Crippen LogP contribution in [-0.4, -0.2) is 5.16 Å². The zero-order valence-electron chi connectivity index (χ0n) is 5.83. The zero-order valence-corrected chi connectivity index (χ0v) is 5.83. The summed E-state index contributed by atoms with van der Waals surface area (Å²) in [4.78, 5) is 10.5. The molecule has 4 heteroatoms. The van der Waals surface area contributed by atoms with Gasteiger partial charge in [-0.25, -0.2) is 0 Å². The highest BCUT2D eigenvalue weighted by molar-refractivity contribution is 5.04. The van der Waals surface area contributed by atoms with Crippen molar-refractivity contribution in [2.24, 2.45) is 5.73 Å². The average molecular weight is 152 g/mol. The van der Waals surface area contributed by atoms with E-state index in [0.29, 0.717) is 12.2 Å². The second-order valence-corrected chi connectivity index (χ2v) is 2.13. The topological polar surface area (TPSA) is 72.0 Å². The highest BCUT2D eigenvalue weighted by Crippen LogP contribution is 2.08. The first-order chi connectivity index (χ1) is 5.24. The summed E-state index contributed by atoms with van der Waals surface area (Å²) >= 11 is 0. The van der Waals surface area contributed by atoms with Gasteiger partial charge < -0.3 is 10.3 Å². The average Bonchev–Trinajstić information content (AvgIpc) is 2.36. The Labute approximate surface area is 63.4 Å². The second-order valence-electron chi connectivity index (χ2n) is 2.13. The molecule has 3 N–H and O–H groups in total. The fourth-order valence-electron chi connectivity index (χ4n) is 0.708. The molecule has 1 atom stereocenters. The van der Waals surface area contributed by atoms with Crippen LogP contribution in [0, 0.1) is 12.3 Å². The van der Waals surface area contributed by atoms with E-state index in [4.69, 9.17) is 16.7 Å². The molecule has 1 rings (SSSR count). The van der Waals surface area contributed by atoms with Gasteiger partial charge in [0.05, 0.1) is 6.04 Å². The monoisotopic (exact) mass is 152 g/mol. The Morgan fingerprint density at radius 2 is 2.64 bits per heavy atom. The van der Waals surface area contributed by atoms with Crippen LogP contribution >= 0.6 is 0 Å². The molecule has 0 unspecified atom stereocenters. The van der Waals surface area contributed by atoms with Gasteiger partial charge in [0.2, 0.25) is 0 Å². The quantitative estimate of drug-likeness (QED) is 0.585. The molecule has 1 heterocycles. The molecule has 4 nitrogen and oxygen atoms in total. The summed E-state index contributed by atoms with van der Waals surface area (Å²) in [5.74, 6) is 2.77. The maximum absolute atomic E-state index is 10.5. The maximum Gasteiger partial charge on any atom is 0.280 e. The van der Waals surface area contributed by atoms with Gasteiger partial charge in [-0.05, 0) is 0 Å². The predicted molar refractivity (Wildman–Crippen MR) is 39.7 cm³/mol. The van der Waals surface area contributed by atoms with Crippen LogP contribution in [0.1, 0.15) is 18.2 Å². The lowest BCUT2D eigenvalue weighted by molar-refractivity contribution is 0.359. The van der Waals surface area contributed by atoms with Crippen LogP contribution in [-0.2, 0) is 0 Å². The molecule has 0 aliphatic heterocycles. The van der Waals surface area contributed by atoms with Crippen molar-refractivity contribution in [2.45, 2.75) is 12.5 Å². The number of hydrogen-bond acceptors (Lipinski definition) is 3. The number of nitrogens with one attached hydrogen (secondary N) is 1. The molecule has 0 amide bonds. The summed E-state index contributed by atoms with van der Waals surface area (Å²) in [6.07, 6.45) is 5.38. The first kappa shape index (κ1) is 7.63. The minimum atomic E-state index is -0.390. The molecule has 58 valence electrons. The van der Waals surface area contributed by atoms with Gasteiger partial charge in [0.25, 0.3) is 5.56 Å². The third-order valence-corrected chi connectivity index (χ3v) is 1.25. The van der Waals surface area contributed by atoms with Gasteiger partial charge in [0.15, 0.2) is 5.76 Å². The Hall–Kier alpha value is -1.47. The molecule has 0 saturated heterocycles. The summed E-state index contributed by atoms with van der Waals surface area (Å²) < 4.78 is 4.72. The number of hydrogen-bond donors (Lipinski definition) is 2. The molecular weight excluding hydrogens is 144 g/mol. The van der Waals surface area contributed by atoms with Crippen LogP contribution in [0.15, 0.2) is 15.4 Å². The van der Waals surface area contributed by atoms with E-state index in [1.165, 1.54) is 6.07 Å². The van der Waals surface area contributed by atoms with Crippen molar-refractivity contribution in [3.05, 3.63) is 22.2 Å². The van der Waals surface area contributed by atoms with E-state index in [1.54, 1.807) is 0 Å². The molecule has 1 aromatic heterocycles. The number of terminal acetylenes is 1. The Morgan fingerprint density at radius 1 is 1.91 bits per heavy atom. The normalized spacial score (nSPS) is 12.4. The molecule has 1 aromatic rings. The largest absolute Gasteiger partial charge is 0.382 e. The van der Waals surface area contributed by atoms with Crippen LogP contribution in [0.2, 0.25) is 0 Å². The highest BCUT2D eigenvalue weighted by atomic mass is 16.5. The van der Waals surface area contributed by atoms with Crippen LogP contribution in [0.3, 0.4) is 0 Å². The Kier molecular flexibility index (Phi) is 2.14. The third kappa shape index (κ3) is 1.72. The van der Waals surface area contributed by atoms with Crippen molar-refractivity contribution < 1.29 is 4.52 Å². The molecular formula is C7H8N2O2. The fraction of sp³-hybridized carbons (Fsp3) is 0.286. The third-order valence-electron chi connectivity index (χ3n) is 1.25. The summed E-state index contributed by atoms with van der Waals surface area (Å²) in [7, 11) is 0. The summed E-state index contributed by atoms with van der Waals surface area (Å²) in [6, 6.07) is 0.904. The number of nitrogens with two attached hydrogens (primary N) is 1. The van der Waals surface area contributed by atoms with Gasteiger partial charge >= 0.3 is 0 Å². The minimum Gasteiger partial charge on any atom is -0.382 e. The van der Waals surface area contributed by atoms with Gasteiger partial charge in [-0.1, -0.05) is 0 Å². The first-order valence-corrected chi connectivity index (χ1v) is 3.11. The lowest BCUT2D eigenvalue weighted by atomic mass is 10.2. The highest BCUT2D eigenvalue weighted by Gasteiger charge is 2.08. The van der Waals surface area contributed by atoms with Crippen molar-refractivity contribution >= 4 is 0 Å². The second kappa shape index (κ2) is 3.08.